The molecule has 0 bridgehead atoms. The number of nitrogens with zero attached hydrogens (tertiary/aromatic N) is 6. The first-order chi connectivity index (χ1) is 27.6. The molecule has 57 heavy (non-hydrogen) atoms. The second-order valence-corrected chi connectivity index (χ2v) is 16.2. The van der Waals surface area contributed by atoms with E-state index in [4.69, 9.17) is 34.8 Å². The molecule has 0 fully saturated rings. The van der Waals surface area contributed by atoms with Crippen LogP contribution in [0.1, 0.15) is 48.8 Å². The van der Waals surface area contributed by atoms with Crippen LogP contribution in [0.2, 0.25) is 15.2 Å². The van der Waals surface area contributed by atoms with Crippen LogP contribution in [0.25, 0.3) is 45.1 Å². The van der Waals surface area contributed by atoms with E-state index in [9.17, 15) is 10.5 Å². The first kappa shape index (κ1) is 39.3. The molecule has 10 heteroatoms. The van der Waals surface area contributed by atoms with Gasteiger partial charge in [0.15, 0.2) is 0 Å². The zero-order valence-electron chi connectivity index (χ0n) is 31.3. The second kappa shape index (κ2) is 17.5. The van der Waals surface area contributed by atoms with Crippen molar-refractivity contribution in [3.63, 3.8) is 0 Å². The molecule has 8 rings (SSSR count). The molecule has 4 aromatic carbocycles. The summed E-state index contributed by atoms with van der Waals surface area (Å²) in [6.45, 7) is 7.43. The Morgan fingerprint density at radius 1 is 0.632 bits per heavy atom. The molecule has 0 amide bonds. The predicted octanol–water partition coefficient (Wildman–Crippen LogP) is 13.2. The lowest BCUT2D eigenvalue weighted by Crippen LogP contribution is -1.98. The Bertz CT molecular complexity index is 2870. The van der Waals surface area contributed by atoms with Crippen molar-refractivity contribution >= 4 is 91.2 Å². The van der Waals surface area contributed by atoms with E-state index >= 15 is 0 Å². The van der Waals surface area contributed by atoms with Crippen LogP contribution < -0.4 is 0 Å². The molecule has 0 saturated heterocycles. The number of thiazole rings is 1. The number of rotatable bonds is 8. The number of allylic oxidation sites excluding steroid dienone is 2. The van der Waals surface area contributed by atoms with Crippen LogP contribution in [0, 0.1) is 43.4 Å². The zero-order valence-corrected chi connectivity index (χ0v) is 34.4. The average Bonchev–Trinajstić information content (AvgIpc) is 3.88. The zero-order chi connectivity index (χ0) is 40.1. The van der Waals surface area contributed by atoms with Crippen molar-refractivity contribution < 1.29 is 0 Å². The van der Waals surface area contributed by atoms with Crippen LogP contribution in [-0.4, -0.2) is 19.1 Å². The molecule has 6 nitrogen and oxygen atoms in total. The molecule has 4 aromatic heterocycles. The van der Waals surface area contributed by atoms with E-state index in [-0.39, 0.29) is 0 Å². The lowest BCUT2D eigenvalue weighted by molar-refractivity contribution is 0.831. The van der Waals surface area contributed by atoms with Crippen LogP contribution in [-0.2, 0) is 13.1 Å². The van der Waals surface area contributed by atoms with Crippen molar-refractivity contribution in [2.75, 3.05) is 0 Å². The minimum absolute atomic E-state index is 0.467. The summed E-state index contributed by atoms with van der Waals surface area (Å²) in [6, 6.07) is 36.1. The Kier molecular flexibility index (Phi) is 12.0. The summed E-state index contributed by atoms with van der Waals surface area (Å²) in [5.74, 6) is 0. The number of aromatic nitrogens is 4. The number of hydrogen-bond donors (Lipinski definition) is 0. The van der Waals surface area contributed by atoms with Crippen LogP contribution in [0.15, 0.2) is 122 Å². The minimum Gasteiger partial charge on any atom is -0.342 e. The summed E-state index contributed by atoms with van der Waals surface area (Å²) >= 11 is 20.1. The highest BCUT2D eigenvalue weighted by molar-refractivity contribution is 7.11. The maximum absolute atomic E-state index is 9.73. The Morgan fingerprint density at radius 2 is 1.14 bits per heavy atom. The standard InChI is InChI=1S/C24H17Cl2N3.C23H18ClN3S/c1-16-2-5-18(6-3-16)19(12-27)10-20-15-29(14-17-4-9-24(26)28-13-17)23-11-21(25)7-8-22(20)23;1-15-3-5-17(6-4-15)18(11-25)9-19-13-27(14-21-12-26-16(2)28-21)23-10-20(24)7-8-22(19)23/h2-11,13,15H,14H2,1H3;3-10,12-13H,14H2,1-2H3/b19-10+;18-9+. The summed E-state index contributed by atoms with van der Waals surface area (Å²) in [5, 5.41) is 24.4. The van der Waals surface area contributed by atoms with Crippen molar-refractivity contribution in [2.45, 2.75) is 33.9 Å². The number of nitriles is 2. The summed E-state index contributed by atoms with van der Waals surface area (Å²) in [6.07, 6.45) is 11.7. The number of benzene rings is 4. The van der Waals surface area contributed by atoms with Gasteiger partial charge in [-0.3, -0.25) is 0 Å². The Hall–Kier alpha value is -5.93. The predicted molar refractivity (Wildman–Crippen MR) is 238 cm³/mol. The van der Waals surface area contributed by atoms with Crippen molar-refractivity contribution in [2.24, 2.45) is 0 Å². The van der Waals surface area contributed by atoms with Gasteiger partial charge in [-0.05, 0) is 79.9 Å². The highest BCUT2D eigenvalue weighted by atomic mass is 35.5. The smallest absolute Gasteiger partial charge is 0.129 e. The van der Waals surface area contributed by atoms with Gasteiger partial charge in [-0.25, -0.2) is 9.97 Å². The van der Waals surface area contributed by atoms with Crippen LogP contribution >= 0.6 is 46.1 Å². The van der Waals surface area contributed by atoms with E-state index in [1.54, 1.807) is 23.6 Å². The first-order valence-electron chi connectivity index (χ1n) is 18.0. The van der Waals surface area contributed by atoms with Crippen LogP contribution in [0.3, 0.4) is 0 Å². The largest absolute Gasteiger partial charge is 0.342 e. The van der Waals surface area contributed by atoms with Gasteiger partial charge >= 0.3 is 0 Å². The third kappa shape index (κ3) is 9.38. The highest BCUT2D eigenvalue weighted by Gasteiger charge is 2.13. The van der Waals surface area contributed by atoms with E-state index in [1.807, 2.05) is 136 Å². The quantitative estimate of drug-likeness (QED) is 0.113. The minimum atomic E-state index is 0.467. The van der Waals surface area contributed by atoms with E-state index in [2.05, 4.69) is 37.4 Å². The first-order valence-corrected chi connectivity index (χ1v) is 20.0. The molecular weight excluding hydrogens is 787 g/mol. The molecule has 0 saturated carbocycles. The van der Waals surface area contributed by atoms with Gasteiger partial charge in [0, 0.05) is 68.2 Å². The van der Waals surface area contributed by atoms with E-state index in [0.717, 1.165) is 66.7 Å². The number of halogens is 3. The molecule has 280 valence electrons. The second-order valence-electron chi connectivity index (χ2n) is 13.7. The molecule has 0 aliphatic carbocycles. The fraction of sp³-hybridized carbons (Fsp3) is 0.106. The molecule has 4 heterocycles. The maximum Gasteiger partial charge on any atom is 0.129 e. The lowest BCUT2D eigenvalue weighted by atomic mass is 10.0. The van der Waals surface area contributed by atoms with Gasteiger partial charge < -0.3 is 9.13 Å². The third-order valence-corrected chi connectivity index (χ3v) is 11.0. The molecule has 0 radical (unpaired) electrons. The van der Waals surface area contributed by atoms with Gasteiger partial charge in [0.1, 0.15) is 5.15 Å². The van der Waals surface area contributed by atoms with E-state index in [1.165, 1.54) is 10.4 Å². The van der Waals surface area contributed by atoms with Gasteiger partial charge in [0.25, 0.3) is 0 Å². The van der Waals surface area contributed by atoms with E-state index in [0.29, 0.717) is 32.9 Å². The van der Waals surface area contributed by atoms with Gasteiger partial charge in [-0.1, -0.05) is 113 Å². The molecule has 0 atom stereocenters. The molecule has 0 aliphatic heterocycles. The van der Waals surface area contributed by atoms with Crippen LogP contribution in [0.4, 0.5) is 0 Å². The van der Waals surface area contributed by atoms with Crippen LogP contribution in [0.5, 0.6) is 0 Å². The molecular formula is C47H35Cl3N6S. The fourth-order valence-electron chi connectivity index (χ4n) is 6.56. The monoisotopic (exact) mass is 820 g/mol. The normalized spacial score (nSPS) is 11.6. The molecule has 0 unspecified atom stereocenters. The van der Waals surface area contributed by atoms with Gasteiger partial charge in [0.2, 0.25) is 0 Å². The Balaban J connectivity index is 0.000000174. The maximum atomic E-state index is 9.73. The highest BCUT2D eigenvalue weighted by Crippen LogP contribution is 2.31. The molecule has 0 aliphatic rings. The van der Waals surface area contributed by atoms with Crippen molar-refractivity contribution in [1.82, 2.24) is 19.1 Å². The van der Waals surface area contributed by atoms with Crippen molar-refractivity contribution in [3.05, 3.63) is 186 Å². The van der Waals surface area contributed by atoms with Crippen molar-refractivity contribution in [1.29, 1.82) is 10.5 Å². The summed E-state index contributed by atoms with van der Waals surface area (Å²) in [4.78, 5) is 9.69. The topological polar surface area (TPSA) is 83.2 Å². The Morgan fingerprint density at radius 3 is 1.58 bits per heavy atom. The summed E-state index contributed by atoms with van der Waals surface area (Å²) in [5.41, 5.74) is 10.5. The van der Waals surface area contributed by atoms with Gasteiger partial charge in [-0.15, -0.1) is 11.3 Å². The number of aryl methyl sites for hydroxylation is 3. The van der Waals surface area contributed by atoms with E-state index < -0.39 is 0 Å². The fourth-order valence-corrected chi connectivity index (χ4v) is 7.80. The van der Waals surface area contributed by atoms with Crippen molar-refractivity contribution in [3.8, 4) is 12.1 Å². The summed E-state index contributed by atoms with van der Waals surface area (Å²) < 4.78 is 4.28. The number of hydrogen-bond acceptors (Lipinski definition) is 5. The number of fused-ring (bicyclic) bond motifs is 2. The molecule has 0 spiro atoms. The molecule has 0 N–H and O–H groups in total. The Labute approximate surface area is 350 Å². The summed E-state index contributed by atoms with van der Waals surface area (Å²) in [7, 11) is 0. The average molecular weight is 822 g/mol. The lowest BCUT2D eigenvalue weighted by Gasteiger charge is -2.05. The third-order valence-electron chi connectivity index (χ3n) is 9.45. The SMILES string of the molecule is Cc1ccc(/C(C#N)=C/c2cn(Cc3ccc(Cl)nc3)c3cc(Cl)ccc23)cc1.Cc1ccc(/C(C#N)=C/c2cn(Cc3cnc(C)s3)c3cc(Cl)ccc23)cc1. The van der Waals surface area contributed by atoms with Gasteiger partial charge in [0.05, 0.1) is 45.9 Å². The number of pyridine rings is 1. The van der Waals surface area contributed by atoms with Gasteiger partial charge in [-0.2, -0.15) is 10.5 Å². The molecule has 8 aromatic rings.